The van der Waals surface area contributed by atoms with Gasteiger partial charge in [-0.25, -0.2) is 4.79 Å². The summed E-state index contributed by atoms with van der Waals surface area (Å²) in [4.78, 5) is 18.8. The highest BCUT2D eigenvalue weighted by Gasteiger charge is 2.35. The zero-order chi connectivity index (χ0) is 19.5. The molecule has 0 saturated carbocycles. The molecule has 0 spiro atoms. The number of pyridine rings is 1. The number of piperidine rings is 1. The number of hydrogen-bond donors (Lipinski definition) is 0. The van der Waals surface area contributed by atoms with E-state index < -0.39 is 0 Å². The number of benzene rings is 1. The van der Waals surface area contributed by atoms with Crippen LogP contribution in [0.2, 0.25) is 0 Å². The van der Waals surface area contributed by atoms with Gasteiger partial charge < -0.3 is 9.64 Å². The summed E-state index contributed by atoms with van der Waals surface area (Å²) in [6.45, 7) is 3.83. The first-order chi connectivity index (χ1) is 13.7. The van der Waals surface area contributed by atoms with Gasteiger partial charge in [0.1, 0.15) is 0 Å². The Morgan fingerprint density at radius 3 is 2.75 bits per heavy atom. The first-order valence-electron chi connectivity index (χ1n) is 10.2. The second-order valence-corrected chi connectivity index (χ2v) is 8.48. The molecule has 1 aromatic carbocycles. The van der Waals surface area contributed by atoms with Gasteiger partial charge in [0.2, 0.25) is 0 Å². The zero-order valence-corrected chi connectivity index (χ0v) is 18.5. The molecule has 2 aliphatic rings. The van der Waals surface area contributed by atoms with E-state index in [0.717, 1.165) is 43.2 Å². The van der Waals surface area contributed by atoms with E-state index >= 15 is 0 Å². The number of aryl methyl sites for hydroxylation is 2. The number of likely N-dealkylation sites (tertiary alicyclic amines) is 1. The molecular weight excluding hydrogens is 463 g/mol. The van der Waals surface area contributed by atoms with E-state index in [9.17, 15) is 4.79 Å². The van der Waals surface area contributed by atoms with Crippen LogP contribution >= 0.6 is 22.6 Å². The topological polar surface area (TPSA) is 42.4 Å². The van der Waals surface area contributed by atoms with Crippen molar-refractivity contribution in [3.63, 3.8) is 0 Å². The molecule has 5 heteroatoms. The Hall–Kier alpha value is -1.63. The summed E-state index contributed by atoms with van der Waals surface area (Å²) in [5, 5.41) is 0. The van der Waals surface area contributed by atoms with E-state index in [1.54, 1.807) is 0 Å². The lowest BCUT2D eigenvalue weighted by Crippen LogP contribution is -2.40. The molecule has 2 aromatic rings. The molecule has 1 aliphatic heterocycles. The van der Waals surface area contributed by atoms with E-state index in [-0.39, 0.29) is 6.09 Å². The number of amides is 1. The molecule has 1 atom stereocenters. The van der Waals surface area contributed by atoms with Crippen molar-refractivity contribution in [2.75, 3.05) is 19.7 Å². The minimum atomic E-state index is -0.174. The monoisotopic (exact) mass is 490 g/mol. The smallest absolute Gasteiger partial charge is 0.409 e. The molecule has 1 aliphatic carbocycles. The second kappa shape index (κ2) is 8.80. The Bertz CT molecular complexity index is 846. The average molecular weight is 490 g/mol. The van der Waals surface area contributed by atoms with Crippen molar-refractivity contribution in [2.24, 2.45) is 5.92 Å². The van der Waals surface area contributed by atoms with E-state index in [1.807, 2.05) is 18.0 Å². The van der Waals surface area contributed by atoms with Crippen LogP contribution in [-0.4, -0.2) is 35.7 Å². The third-order valence-corrected chi connectivity index (χ3v) is 7.00. The van der Waals surface area contributed by atoms with Crippen molar-refractivity contribution in [3.05, 3.63) is 64.5 Å². The standard InChI is InChI=1S/C23H27IN2O2/c1-2-28-23(27)26-12-9-17(10-13-26)21-20-8-5-16(15-24)14-19(20)7-6-18-4-3-11-25-22(18)21/h3-5,8,11,14,17,21H,2,6-7,9-10,12-13,15H2,1H3. The van der Waals surface area contributed by atoms with Gasteiger partial charge in [0.05, 0.1) is 12.3 Å². The van der Waals surface area contributed by atoms with Crippen LogP contribution in [-0.2, 0) is 22.0 Å². The Morgan fingerprint density at radius 1 is 1.21 bits per heavy atom. The highest BCUT2D eigenvalue weighted by atomic mass is 127. The number of nitrogens with zero attached hydrogens (tertiary/aromatic N) is 2. The number of hydrogen-bond acceptors (Lipinski definition) is 3. The molecule has 4 nitrogen and oxygen atoms in total. The third kappa shape index (κ3) is 3.91. The van der Waals surface area contributed by atoms with Crippen LogP contribution in [0.3, 0.4) is 0 Å². The minimum Gasteiger partial charge on any atom is -0.450 e. The average Bonchev–Trinajstić information content (AvgIpc) is 2.90. The van der Waals surface area contributed by atoms with Gasteiger partial charge in [0, 0.05) is 29.6 Å². The Balaban J connectivity index is 1.65. The maximum Gasteiger partial charge on any atom is 0.409 e. The van der Waals surface area contributed by atoms with Gasteiger partial charge in [-0.05, 0) is 66.8 Å². The molecule has 1 aromatic heterocycles. The van der Waals surface area contributed by atoms with Crippen LogP contribution in [0.1, 0.15) is 53.6 Å². The van der Waals surface area contributed by atoms with Crippen LogP contribution in [0, 0.1) is 5.92 Å². The molecule has 0 radical (unpaired) electrons. The van der Waals surface area contributed by atoms with Gasteiger partial charge in [0.15, 0.2) is 0 Å². The maximum absolute atomic E-state index is 12.1. The van der Waals surface area contributed by atoms with Gasteiger partial charge in [-0.2, -0.15) is 0 Å². The molecular formula is C23H27IN2O2. The fraction of sp³-hybridized carbons (Fsp3) is 0.478. The summed E-state index contributed by atoms with van der Waals surface area (Å²) >= 11 is 2.44. The van der Waals surface area contributed by atoms with Crippen molar-refractivity contribution in [2.45, 2.75) is 43.0 Å². The van der Waals surface area contributed by atoms with Crippen molar-refractivity contribution in [3.8, 4) is 0 Å². The Morgan fingerprint density at radius 2 is 2.00 bits per heavy atom. The lowest BCUT2D eigenvalue weighted by atomic mass is 9.76. The lowest BCUT2D eigenvalue weighted by molar-refractivity contribution is 0.0900. The fourth-order valence-electron chi connectivity index (χ4n) is 4.73. The summed E-state index contributed by atoms with van der Waals surface area (Å²) in [6, 6.07) is 11.3. The molecule has 0 bridgehead atoms. The van der Waals surface area contributed by atoms with Crippen LogP contribution in [0.5, 0.6) is 0 Å². The zero-order valence-electron chi connectivity index (χ0n) is 16.4. The van der Waals surface area contributed by atoms with Crippen molar-refractivity contribution >= 4 is 28.7 Å². The molecule has 1 fully saturated rings. The highest BCUT2D eigenvalue weighted by Crippen LogP contribution is 2.42. The lowest BCUT2D eigenvalue weighted by Gasteiger charge is -2.36. The Kier molecular flexibility index (Phi) is 6.19. The predicted molar refractivity (Wildman–Crippen MR) is 119 cm³/mol. The summed E-state index contributed by atoms with van der Waals surface area (Å²) in [5.74, 6) is 0.822. The van der Waals surface area contributed by atoms with E-state index in [1.165, 1.54) is 27.9 Å². The highest BCUT2D eigenvalue weighted by molar-refractivity contribution is 14.1. The largest absolute Gasteiger partial charge is 0.450 e. The van der Waals surface area contributed by atoms with Gasteiger partial charge in [-0.15, -0.1) is 0 Å². The number of alkyl halides is 1. The first kappa shape index (κ1) is 19.7. The quantitative estimate of drug-likeness (QED) is 0.444. The first-order valence-corrected chi connectivity index (χ1v) is 11.8. The van der Waals surface area contributed by atoms with Crippen LogP contribution in [0.4, 0.5) is 4.79 Å². The number of halogens is 1. The number of aromatic nitrogens is 1. The van der Waals surface area contributed by atoms with E-state index in [2.05, 4.69) is 52.9 Å². The van der Waals surface area contributed by atoms with Gasteiger partial charge in [-0.3, -0.25) is 4.98 Å². The molecule has 0 N–H and O–H groups in total. The summed E-state index contributed by atoms with van der Waals surface area (Å²) in [5.41, 5.74) is 6.95. The Labute approximate surface area is 180 Å². The number of fused-ring (bicyclic) bond motifs is 2. The molecule has 148 valence electrons. The number of rotatable bonds is 3. The van der Waals surface area contributed by atoms with Crippen molar-refractivity contribution < 1.29 is 9.53 Å². The van der Waals surface area contributed by atoms with E-state index in [0.29, 0.717) is 18.4 Å². The molecule has 1 saturated heterocycles. The predicted octanol–water partition coefficient (Wildman–Crippen LogP) is 5.12. The molecule has 1 unspecified atom stereocenters. The number of ether oxygens (including phenoxy) is 1. The van der Waals surface area contributed by atoms with Gasteiger partial charge >= 0.3 is 6.09 Å². The fourth-order valence-corrected chi connectivity index (χ4v) is 5.20. The molecule has 1 amide bonds. The van der Waals surface area contributed by atoms with E-state index in [4.69, 9.17) is 9.72 Å². The molecule has 4 rings (SSSR count). The van der Waals surface area contributed by atoms with Crippen LogP contribution in [0.15, 0.2) is 36.5 Å². The molecule has 28 heavy (non-hydrogen) atoms. The van der Waals surface area contributed by atoms with Crippen LogP contribution in [0.25, 0.3) is 0 Å². The molecule has 2 heterocycles. The van der Waals surface area contributed by atoms with Gasteiger partial charge in [0.25, 0.3) is 0 Å². The summed E-state index contributed by atoms with van der Waals surface area (Å²) in [7, 11) is 0. The minimum absolute atomic E-state index is 0.174. The summed E-state index contributed by atoms with van der Waals surface area (Å²) in [6.07, 6.45) is 5.88. The maximum atomic E-state index is 12.1. The number of carbonyl (C=O) groups is 1. The third-order valence-electron chi connectivity index (χ3n) is 6.12. The number of carbonyl (C=O) groups excluding carboxylic acids is 1. The van der Waals surface area contributed by atoms with Crippen LogP contribution < -0.4 is 0 Å². The normalized spacial score (nSPS) is 19.5. The SMILES string of the molecule is CCOC(=O)N1CCC(C2c3ccc(CI)cc3CCc3cccnc32)CC1. The summed E-state index contributed by atoms with van der Waals surface area (Å²) < 4.78 is 6.23. The second-order valence-electron chi connectivity index (χ2n) is 7.72. The van der Waals surface area contributed by atoms with Crippen molar-refractivity contribution in [1.29, 1.82) is 0 Å². The van der Waals surface area contributed by atoms with Crippen molar-refractivity contribution in [1.82, 2.24) is 9.88 Å². The van der Waals surface area contributed by atoms with Gasteiger partial charge in [-0.1, -0.05) is 46.9 Å².